The van der Waals surface area contributed by atoms with Crippen molar-refractivity contribution in [3.05, 3.63) is 59.1 Å². The Morgan fingerprint density at radius 3 is 2.00 bits per heavy atom. The molecule has 4 heteroatoms. The van der Waals surface area contributed by atoms with Crippen LogP contribution in [-0.2, 0) is 16.9 Å². The molecule has 2 aromatic rings. The molecule has 0 bridgehead atoms. The van der Waals surface area contributed by atoms with Crippen molar-refractivity contribution < 1.29 is 9.29 Å². The highest BCUT2D eigenvalue weighted by Crippen LogP contribution is 2.23. The Bertz CT molecular complexity index is 494. The number of hydrogen-bond acceptors (Lipinski definition) is 2. The molecule has 0 aliphatic heterocycles. The topological polar surface area (TPSA) is 32.3 Å². The van der Waals surface area contributed by atoms with Crippen molar-refractivity contribution in [3.8, 4) is 11.5 Å². The summed E-state index contributed by atoms with van der Waals surface area (Å²) < 4.78 is 16.7. The van der Waals surface area contributed by atoms with E-state index in [1.807, 2.05) is 36.4 Å². The van der Waals surface area contributed by atoms with Gasteiger partial charge in [-0.15, -0.1) is 0 Å². The van der Waals surface area contributed by atoms with Crippen LogP contribution >= 0.6 is 11.6 Å². The third-order valence-electron chi connectivity index (χ3n) is 2.34. The maximum absolute atomic E-state index is 11.1. The third kappa shape index (κ3) is 3.95. The second-order valence-corrected chi connectivity index (χ2v) is 5.79. The van der Waals surface area contributed by atoms with E-state index in [1.165, 1.54) is 0 Å². The minimum absolute atomic E-state index is 0.571. The Labute approximate surface area is 115 Å². The van der Waals surface area contributed by atoms with Gasteiger partial charge in [-0.1, -0.05) is 34.9 Å². The smallest absolute Gasteiger partial charge is 0.130 e. The van der Waals surface area contributed by atoms with Gasteiger partial charge < -0.3 is 9.29 Å². The van der Waals surface area contributed by atoms with Gasteiger partial charge >= 0.3 is 0 Å². The molecule has 2 nitrogen and oxygen atoms in total. The molecule has 2 rings (SSSR count). The van der Waals surface area contributed by atoms with Crippen LogP contribution in [0.25, 0.3) is 0 Å². The molecule has 0 heterocycles. The second kappa shape index (κ2) is 6.14. The van der Waals surface area contributed by atoms with E-state index < -0.39 is 11.2 Å². The number of hydrogen-bond donors (Lipinski definition) is 0. The van der Waals surface area contributed by atoms with Crippen LogP contribution in [0.1, 0.15) is 5.56 Å². The van der Waals surface area contributed by atoms with Gasteiger partial charge in [0.15, 0.2) is 0 Å². The highest BCUT2D eigenvalue weighted by molar-refractivity contribution is 7.89. The minimum Gasteiger partial charge on any atom is -0.616 e. The van der Waals surface area contributed by atoms with E-state index in [0.29, 0.717) is 10.8 Å². The number of rotatable bonds is 4. The lowest BCUT2D eigenvalue weighted by molar-refractivity contribution is 0.482. The molecule has 0 aliphatic rings. The van der Waals surface area contributed by atoms with Crippen LogP contribution in [0.3, 0.4) is 0 Å². The molecule has 0 radical (unpaired) electrons. The van der Waals surface area contributed by atoms with Crippen molar-refractivity contribution in [2.45, 2.75) is 5.75 Å². The van der Waals surface area contributed by atoms with Crippen molar-refractivity contribution in [3.63, 3.8) is 0 Å². The number of halogens is 1. The van der Waals surface area contributed by atoms with Gasteiger partial charge in [-0.05, 0) is 36.4 Å². The first-order valence-electron chi connectivity index (χ1n) is 5.46. The summed E-state index contributed by atoms with van der Waals surface area (Å²) in [5.74, 6) is 2.07. The first kappa shape index (κ1) is 13.3. The zero-order valence-electron chi connectivity index (χ0n) is 9.93. The first-order chi connectivity index (χ1) is 8.63. The van der Waals surface area contributed by atoms with Crippen molar-refractivity contribution >= 4 is 22.8 Å². The van der Waals surface area contributed by atoms with E-state index in [4.69, 9.17) is 16.3 Å². The SMILES string of the molecule is C[S+]([O-])Cc1ccc(Oc2ccc(Cl)cc2)cc1. The fourth-order valence-electron chi connectivity index (χ4n) is 1.53. The molecule has 1 unspecified atom stereocenters. The van der Waals surface area contributed by atoms with Crippen LogP contribution in [0.5, 0.6) is 11.5 Å². The van der Waals surface area contributed by atoms with Crippen LogP contribution in [0.4, 0.5) is 0 Å². The van der Waals surface area contributed by atoms with Gasteiger partial charge in [-0.2, -0.15) is 0 Å². The van der Waals surface area contributed by atoms with Crippen molar-refractivity contribution in [1.82, 2.24) is 0 Å². The zero-order valence-corrected chi connectivity index (χ0v) is 11.5. The van der Waals surface area contributed by atoms with Gasteiger partial charge in [0.05, 0.1) is 6.26 Å². The molecule has 1 atom stereocenters. The monoisotopic (exact) mass is 280 g/mol. The highest BCUT2D eigenvalue weighted by Gasteiger charge is 2.02. The summed E-state index contributed by atoms with van der Waals surface area (Å²) >= 11 is 4.98. The maximum Gasteiger partial charge on any atom is 0.130 e. The van der Waals surface area contributed by atoms with E-state index >= 15 is 0 Å². The van der Waals surface area contributed by atoms with Crippen molar-refractivity contribution in [2.24, 2.45) is 0 Å². The molecule has 0 amide bonds. The third-order valence-corrected chi connectivity index (χ3v) is 3.33. The number of ether oxygens (including phenoxy) is 1. The summed E-state index contributed by atoms with van der Waals surface area (Å²) in [5.41, 5.74) is 1.04. The predicted octanol–water partition coefficient (Wildman–Crippen LogP) is 4.01. The van der Waals surface area contributed by atoms with Gasteiger partial charge in [0.2, 0.25) is 0 Å². The van der Waals surface area contributed by atoms with Crippen LogP contribution in [0, 0.1) is 0 Å². The number of benzene rings is 2. The summed E-state index contributed by atoms with van der Waals surface area (Å²) in [5, 5.41) is 0.683. The Hall–Kier alpha value is -1.16. The van der Waals surface area contributed by atoms with E-state index in [0.717, 1.165) is 17.1 Å². The molecule has 0 aliphatic carbocycles. The summed E-state index contributed by atoms with van der Waals surface area (Å²) in [4.78, 5) is 0. The van der Waals surface area contributed by atoms with E-state index in [-0.39, 0.29) is 0 Å². The normalized spacial score (nSPS) is 12.2. The van der Waals surface area contributed by atoms with Gasteiger partial charge in [0.1, 0.15) is 17.3 Å². The van der Waals surface area contributed by atoms with Gasteiger partial charge in [-0.3, -0.25) is 0 Å². The Morgan fingerprint density at radius 2 is 1.50 bits per heavy atom. The fourth-order valence-corrected chi connectivity index (χ4v) is 2.32. The van der Waals surface area contributed by atoms with Gasteiger partial charge in [-0.25, -0.2) is 0 Å². The Kier molecular flexibility index (Phi) is 4.53. The van der Waals surface area contributed by atoms with Gasteiger partial charge in [0.25, 0.3) is 0 Å². The predicted molar refractivity (Wildman–Crippen MR) is 75.7 cm³/mol. The molecular formula is C14H13ClO2S. The van der Waals surface area contributed by atoms with Crippen LogP contribution in [0.2, 0.25) is 5.02 Å². The average molecular weight is 281 g/mol. The fraction of sp³-hybridized carbons (Fsp3) is 0.143. The molecule has 0 saturated carbocycles. The summed E-state index contributed by atoms with van der Waals surface area (Å²) in [7, 11) is 0. The molecule has 0 saturated heterocycles. The van der Waals surface area contributed by atoms with Crippen LogP contribution in [0.15, 0.2) is 48.5 Å². The minimum atomic E-state index is -0.819. The summed E-state index contributed by atoms with van der Waals surface area (Å²) in [6, 6.07) is 14.8. The molecule has 0 spiro atoms. The standard InChI is InChI=1S/C14H13ClO2S/c1-18(16)10-11-2-6-13(7-3-11)17-14-8-4-12(15)5-9-14/h2-9H,10H2,1H3. The molecule has 18 heavy (non-hydrogen) atoms. The molecule has 0 aromatic heterocycles. The lowest BCUT2D eigenvalue weighted by Crippen LogP contribution is -2.00. The lowest BCUT2D eigenvalue weighted by atomic mass is 10.2. The van der Waals surface area contributed by atoms with E-state index in [9.17, 15) is 4.55 Å². The second-order valence-electron chi connectivity index (χ2n) is 3.92. The summed E-state index contributed by atoms with van der Waals surface area (Å²) in [6.45, 7) is 0. The molecule has 0 N–H and O–H groups in total. The first-order valence-corrected chi connectivity index (χ1v) is 7.56. The zero-order chi connectivity index (χ0) is 13.0. The van der Waals surface area contributed by atoms with Crippen LogP contribution < -0.4 is 4.74 Å². The Balaban J connectivity index is 2.04. The van der Waals surface area contributed by atoms with Crippen molar-refractivity contribution in [1.29, 1.82) is 0 Å². The molecule has 0 fully saturated rings. The highest BCUT2D eigenvalue weighted by atomic mass is 35.5. The maximum atomic E-state index is 11.1. The quantitative estimate of drug-likeness (QED) is 0.793. The lowest BCUT2D eigenvalue weighted by Gasteiger charge is -2.08. The summed E-state index contributed by atoms with van der Waals surface area (Å²) in [6.07, 6.45) is 1.69. The molecule has 94 valence electrons. The van der Waals surface area contributed by atoms with Crippen LogP contribution in [-0.4, -0.2) is 10.8 Å². The Morgan fingerprint density at radius 1 is 1.00 bits per heavy atom. The van der Waals surface area contributed by atoms with Crippen molar-refractivity contribution in [2.75, 3.05) is 6.26 Å². The van der Waals surface area contributed by atoms with E-state index in [1.54, 1.807) is 18.4 Å². The molecular weight excluding hydrogens is 268 g/mol. The largest absolute Gasteiger partial charge is 0.616 e. The van der Waals surface area contributed by atoms with E-state index in [2.05, 4.69) is 0 Å². The molecule has 2 aromatic carbocycles. The van der Waals surface area contributed by atoms with Gasteiger partial charge in [0, 0.05) is 10.6 Å². The average Bonchev–Trinajstić information content (AvgIpc) is 2.34.